The van der Waals surface area contributed by atoms with Crippen molar-refractivity contribution in [3.8, 4) is 17.2 Å². The van der Waals surface area contributed by atoms with Gasteiger partial charge in [0.15, 0.2) is 11.5 Å². The van der Waals surface area contributed by atoms with Crippen LogP contribution in [0.25, 0.3) is 6.08 Å². The molecular formula is C20H22N2O6. The SMILES string of the molecule is COc1cc(C=CC(=O)Nc2ccccc2C(N)=O)cc(OC)c1OCCO. The van der Waals surface area contributed by atoms with E-state index in [4.69, 9.17) is 25.1 Å². The van der Waals surface area contributed by atoms with E-state index in [1.807, 2.05) is 0 Å². The van der Waals surface area contributed by atoms with Crippen LogP contribution in [0.1, 0.15) is 15.9 Å². The third-order valence-electron chi connectivity index (χ3n) is 3.70. The molecule has 148 valence electrons. The van der Waals surface area contributed by atoms with Gasteiger partial charge in [-0.3, -0.25) is 9.59 Å². The minimum absolute atomic E-state index is 0.0869. The Kier molecular flexibility index (Phi) is 7.41. The van der Waals surface area contributed by atoms with Crippen LogP contribution in [-0.4, -0.2) is 44.4 Å². The molecule has 8 heteroatoms. The van der Waals surface area contributed by atoms with Gasteiger partial charge < -0.3 is 30.4 Å². The van der Waals surface area contributed by atoms with Crippen LogP contribution in [0.5, 0.6) is 17.2 Å². The van der Waals surface area contributed by atoms with Crippen molar-refractivity contribution in [1.29, 1.82) is 0 Å². The summed E-state index contributed by atoms with van der Waals surface area (Å²) in [5.74, 6) is 0.0787. The fourth-order valence-electron chi connectivity index (χ4n) is 2.44. The molecule has 0 atom stereocenters. The fourth-order valence-corrected chi connectivity index (χ4v) is 2.44. The van der Waals surface area contributed by atoms with E-state index in [-0.39, 0.29) is 18.8 Å². The molecule has 0 aliphatic rings. The quantitative estimate of drug-likeness (QED) is 0.566. The lowest BCUT2D eigenvalue weighted by atomic mass is 10.1. The number of aliphatic hydroxyl groups is 1. The summed E-state index contributed by atoms with van der Waals surface area (Å²) in [7, 11) is 2.95. The van der Waals surface area contributed by atoms with Gasteiger partial charge in [0, 0.05) is 6.08 Å². The van der Waals surface area contributed by atoms with Gasteiger partial charge in [0.2, 0.25) is 11.7 Å². The summed E-state index contributed by atoms with van der Waals surface area (Å²) in [4.78, 5) is 23.6. The second-order valence-corrected chi connectivity index (χ2v) is 5.56. The number of hydrogen-bond donors (Lipinski definition) is 3. The molecule has 0 saturated carbocycles. The van der Waals surface area contributed by atoms with Crippen molar-refractivity contribution in [1.82, 2.24) is 0 Å². The van der Waals surface area contributed by atoms with Gasteiger partial charge in [0.25, 0.3) is 5.91 Å². The average Bonchev–Trinajstić information content (AvgIpc) is 2.70. The first-order valence-electron chi connectivity index (χ1n) is 8.37. The van der Waals surface area contributed by atoms with Crippen molar-refractivity contribution < 1.29 is 28.9 Å². The number of ether oxygens (including phenoxy) is 3. The highest BCUT2D eigenvalue weighted by Gasteiger charge is 2.14. The van der Waals surface area contributed by atoms with Gasteiger partial charge in [-0.05, 0) is 35.9 Å². The molecule has 4 N–H and O–H groups in total. The van der Waals surface area contributed by atoms with Crippen molar-refractivity contribution in [2.75, 3.05) is 32.8 Å². The minimum atomic E-state index is -0.632. The van der Waals surface area contributed by atoms with E-state index in [1.165, 1.54) is 26.4 Å². The Balaban J connectivity index is 2.21. The molecule has 0 aromatic heterocycles. The molecular weight excluding hydrogens is 364 g/mol. The number of anilines is 1. The Labute approximate surface area is 162 Å². The first-order valence-corrected chi connectivity index (χ1v) is 8.37. The molecule has 2 aromatic rings. The maximum atomic E-state index is 12.2. The highest BCUT2D eigenvalue weighted by Crippen LogP contribution is 2.38. The molecule has 0 saturated heterocycles. The second kappa shape index (κ2) is 9.98. The number of nitrogens with two attached hydrogens (primary N) is 1. The molecule has 0 fully saturated rings. The standard InChI is InChI=1S/C20H22N2O6/c1-26-16-11-13(12-17(27-2)19(16)28-10-9-23)7-8-18(24)22-15-6-4-3-5-14(15)20(21)25/h3-8,11-12,23H,9-10H2,1-2H3,(H2,21,25)(H,22,24). The van der Waals surface area contributed by atoms with Crippen LogP contribution in [-0.2, 0) is 4.79 Å². The zero-order chi connectivity index (χ0) is 20.5. The molecule has 2 amide bonds. The monoisotopic (exact) mass is 386 g/mol. The lowest BCUT2D eigenvalue weighted by Crippen LogP contribution is -2.16. The van der Waals surface area contributed by atoms with Crippen LogP contribution in [0.4, 0.5) is 5.69 Å². The molecule has 0 radical (unpaired) electrons. The van der Waals surface area contributed by atoms with Crippen molar-refractivity contribution in [2.45, 2.75) is 0 Å². The number of primary amides is 1. The Morgan fingerprint density at radius 2 is 1.79 bits per heavy atom. The summed E-state index contributed by atoms with van der Waals surface area (Å²) in [5, 5.41) is 11.6. The average molecular weight is 386 g/mol. The van der Waals surface area contributed by atoms with Crippen LogP contribution in [0.2, 0.25) is 0 Å². The second-order valence-electron chi connectivity index (χ2n) is 5.56. The van der Waals surface area contributed by atoms with Gasteiger partial charge >= 0.3 is 0 Å². The third kappa shape index (κ3) is 5.24. The van der Waals surface area contributed by atoms with Crippen LogP contribution < -0.4 is 25.3 Å². The molecule has 0 aliphatic carbocycles. The van der Waals surface area contributed by atoms with E-state index in [2.05, 4.69) is 5.32 Å². The summed E-state index contributed by atoms with van der Waals surface area (Å²) < 4.78 is 16.0. The van der Waals surface area contributed by atoms with Crippen molar-refractivity contribution >= 4 is 23.6 Å². The van der Waals surface area contributed by atoms with E-state index in [0.717, 1.165) is 0 Å². The Bertz CT molecular complexity index is 854. The largest absolute Gasteiger partial charge is 0.493 e. The number of nitrogens with one attached hydrogen (secondary N) is 1. The predicted octanol–water partition coefficient (Wildman–Crippen LogP) is 1.83. The molecule has 0 unspecified atom stereocenters. The highest BCUT2D eigenvalue weighted by molar-refractivity contribution is 6.07. The smallest absolute Gasteiger partial charge is 0.250 e. The number of aliphatic hydroxyl groups excluding tert-OH is 1. The van der Waals surface area contributed by atoms with Gasteiger partial charge in [0.05, 0.1) is 32.1 Å². The van der Waals surface area contributed by atoms with Crippen molar-refractivity contribution in [3.63, 3.8) is 0 Å². The topological polar surface area (TPSA) is 120 Å². The number of carbonyl (C=O) groups is 2. The van der Waals surface area contributed by atoms with Crippen LogP contribution in [0.3, 0.4) is 0 Å². The van der Waals surface area contributed by atoms with E-state index in [1.54, 1.807) is 36.4 Å². The lowest BCUT2D eigenvalue weighted by Gasteiger charge is -2.14. The molecule has 0 aliphatic heterocycles. The number of carbonyl (C=O) groups excluding carboxylic acids is 2. The molecule has 0 spiro atoms. The van der Waals surface area contributed by atoms with E-state index >= 15 is 0 Å². The Hall–Kier alpha value is -3.52. The normalized spacial score (nSPS) is 10.5. The minimum Gasteiger partial charge on any atom is -0.493 e. The number of rotatable bonds is 9. The number of amides is 2. The van der Waals surface area contributed by atoms with E-state index < -0.39 is 11.8 Å². The highest BCUT2D eigenvalue weighted by atomic mass is 16.5. The van der Waals surface area contributed by atoms with Gasteiger partial charge in [-0.2, -0.15) is 0 Å². The zero-order valence-electron chi connectivity index (χ0n) is 15.6. The maximum Gasteiger partial charge on any atom is 0.250 e. The zero-order valence-corrected chi connectivity index (χ0v) is 15.6. The van der Waals surface area contributed by atoms with E-state index in [9.17, 15) is 9.59 Å². The van der Waals surface area contributed by atoms with Crippen molar-refractivity contribution in [2.24, 2.45) is 5.73 Å². The summed E-state index contributed by atoms with van der Waals surface area (Å²) in [6.07, 6.45) is 2.86. The molecule has 8 nitrogen and oxygen atoms in total. The molecule has 28 heavy (non-hydrogen) atoms. The summed E-state index contributed by atoms with van der Waals surface area (Å²) in [6.45, 7) is -0.0650. The first kappa shape index (κ1) is 20.8. The Morgan fingerprint density at radius 1 is 1.14 bits per heavy atom. The van der Waals surface area contributed by atoms with Gasteiger partial charge in [-0.1, -0.05) is 12.1 Å². The molecule has 0 bridgehead atoms. The molecule has 0 heterocycles. The number of benzene rings is 2. The summed E-state index contributed by atoms with van der Waals surface area (Å²) >= 11 is 0. The first-order chi connectivity index (χ1) is 13.5. The summed E-state index contributed by atoms with van der Waals surface area (Å²) in [5.41, 5.74) is 6.48. The molecule has 2 rings (SSSR count). The van der Waals surface area contributed by atoms with Crippen LogP contribution in [0, 0.1) is 0 Å². The van der Waals surface area contributed by atoms with Crippen molar-refractivity contribution in [3.05, 3.63) is 53.6 Å². The number of hydrogen-bond acceptors (Lipinski definition) is 6. The van der Waals surface area contributed by atoms with Gasteiger partial charge in [-0.25, -0.2) is 0 Å². The maximum absolute atomic E-state index is 12.2. The predicted molar refractivity (Wildman–Crippen MR) is 105 cm³/mol. The lowest BCUT2D eigenvalue weighted by molar-refractivity contribution is -0.111. The van der Waals surface area contributed by atoms with Gasteiger partial charge in [0.1, 0.15) is 6.61 Å². The number of para-hydroxylation sites is 1. The number of methoxy groups -OCH3 is 2. The third-order valence-corrected chi connectivity index (χ3v) is 3.70. The Morgan fingerprint density at radius 3 is 2.36 bits per heavy atom. The molecule has 2 aromatic carbocycles. The van der Waals surface area contributed by atoms with Gasteiger partial charge in [-0.15, -0.1) is 0 Å². The van der Waals surface area contributed by atoms with Crippen LogP contribution >= 0.6 is 0 Å². The summed E-state index contributed by atoms with van der Waals surface area (Å²) in [6, 6.07) is 9.79. The van der Waals surface area contributed by atoms with Crippen LogP contribution in [0.15, 0.2) is 42.5 Å². The fraction of sp³-hybridized carbons (Fsp3) is 0.200. The van der Waals surface area contributed by atoms with E-state index in [0.29, 0.717) is 28.5 Å².